The second-order valence-electron chi connectivity index (χ2n) is 5.22. The Labute approximate surface area is 128 Å². The molecule has 0 amide bonds. The van der Waals surface area contributed by atoms with Gasteiger partial charge in [-0.1, -0.05) is 29.8 Å². The van der Waals surface area contributed by atoms with Crippen molar-refractivity contribution in [3.05, 3.63) is 51.8 Å². The van der Waals surface area contributed by atoms with Gasteiger partial charge in [0, 0.05) is 6.54 Å². The van der Waals surface area contributed by atoms with Crippen molar-refractivity contribution in [3.63, 3.8) is 0 Å². The number of rotatable bonds is 5. The van der Waals surface area contributed by atoms with Crippen LogP contribution in [0.15, 0.2) is 34.9 Å². The van der Waals surface area contributed by atoms with Crippen LogP contribution in [0.2, 0.25) is 0 Å². The SMILES string of the molecule is Cc1cccc(C(O)c2c(Br)cnn2CCN(C)C)c1. The molecule has 20 heavy (non-hydrogen) atoms. The van der Waals surface area contributed by atoms with Crippen molar-refractivity contribution in [1.82, 2.24) is 14.7 Å². The summed E-state index contributed by atoms with van der Waals surface area (Å²) < 4.78 is 2.70. The van der Waals surface area contributed by atoms with Crippen LogP contribution in [0.4, 0.5) is 0 Å². The Morgan fingerprint density at radius 1 is 1.40 bits per heavy atom. The molecule has 108 valence electrons. The fourth-order valence-electron chi connectivity index (χ4n) is 2.11. The largest absolute Gasteiger partial charge is 0.382 e. The Morgan fingerprint density at radius 3 is 2.80 bits per heavy atom. The smallest absolute Gasteiger partial charge is 0.122 e. The van der Waals surface area contributed by atoms with Gasteiger partial charge in [-0.05, 0) is 42.5 Å². The Bertz CT molecular complexity index is 580. The van der Waals surface area contributed by atoms with Crippen molar-refractivity contribution in [2.75, 3.05) is 20.6 Å². The summed E-state index contributed by atoms with van der Waals surface area (Å²) >= 11 is 3.48. The first-order valence-corrected chi connectivity index (χ1v) is 7.39. The van der Waals surface area contributed by atoms with Crippen molar-refractivity contribution in [2.45, 2.75) is 19.6 Å². The Balaban J connectivity index is 2.29. The van der Waals surface area contributed by atoms with Gasteiger partial charge in [-0.15, -0.1) is 0 Å². The van der Waals surface area contributed by atoms with Crippen molar-refractivity contribution in [2.24, 2.45) is 0 Å². The van der Waals surface area contributed by atoms with Gasteiger partial charge in [0.25, 0.3) is 0 Å². The van der Waals surface area contributed by atoms with Crippen LogP contribution in [0.3, 0.4) is 0 Å². The maximum Gasteiger partial charge on any atom is 0.122 e. The first kappa shape index (κ1) is 15.2. The second kappa shape index (κ2) is 6.52. The standard InChI is InChI=1S/C15H20BrN3O/c1-11-5-4-6-12(9-11)15(20)14-13(16)10-17-19(14)8-7-18(2)3/h4-6,9-10,15,20H,7-8H2,1-3H3. The summed E-state index contributed by atoms with van der Waals surface area (Å²) in [5, 5.41) is 15.0. The highest BCUT2D eigenvalue weighted by molar-refractivity contribution is 9.10. The zero-order chi connectivity index (χ0) is 14.7. The van der Waals surface area contributed by atoms with E-state index in [1.807, 2.05) is 50.0 Å². The number of aryl methyl sites for hydroxylation is 1. The van der Waals surface area contributed by atoms with Gasteiger partial charge in [-0.25, -0.2) is 0 Å². The molecule has 0 aliphatic rings. The van der Waals surface area contributed by atoms with Crippen LogP contribution in [-0.4, -0.2) is 40.4 Å². The molecule has 0 spiro atoms. The minimum absolute atomic E-state index is 0.672. The topological polar surface area (TPSA) is 41.3 Å². The Kier molecular flexibility index (Phi) is 4.96. The fraction of sp³-hybridized carbons (Fsp3) is 0.400. The van der Waals surface area contributed by atoms with E-state index >= 15 is 0 Å². The van der Waals surface area contributed by atoms with Gasteiger partial charge in [0.15, 0.2) is 0 Å². The van der Waals surface area contributed by atoms with E-state index in [2.05, 4.69) is 25.9 Å². The molecule has 1 atom stereocenters. The summed E-state index contributed by atoms with van der Waals surface area (Å²) in [5.74, 6) is 0. The lowest BCUT2D eigenvalue weighted by Crippen LogP contribution is -2.21. The number of hydrogen-bond acceptors (Lipinski definition) is 3. The first-order chi connectivity index (χ1) is 9.49. The highest BCUT2D eigenvalue weighted by atomic mass is 79.9. The monoisotopic (exact) mass is 337 g/mol. The molecule has 0 radical (unpaired) electrons. The fourth-order valence-corrected chi connectivity index (χ4v) is 2.63. The van der Waals surface area contributed by atoms with Crippen LogP contribution in [0.1, 0.15) is 22.9 Å². The number of benzene rings is 1. The maximum absolute atomic E-state index is 10.6. The minimum Gasteiger partial charge on any atom is -0.382 e. The molecule has 1 aromatic heterocycles. The van der Waals surface area contributed by atoms with Gasteiger partial charge in [-0.2, -0.15) is 5.10 Å². The van der Waals surface area contributed by atoms with Crippen LogP contribution in [0.25, 0.3) is 0 Å². The van der Waals surface area contributed by atoms with E-state index in [9.17, 15) is 5.11 Å². The average Bonchev–Trinajstić information content (AvgIpc) is 2.76. The highest BCUT2D eigenvalue weighted by Crippen LogP contribution is 2.28. The predicted molar refractivity (Wildman–Crippen MR) is 83.7 cm³/mol. The van der Waals surface area contributed by atoms with Crippen molar-refractivity contribution in [1.29, 1.82) is 0 Å². The molecule has 4 nitrogen and oxygen atoms in total. The summed E-state index contributed by atoms with van der Waals surface area (Å²) in [6, 6.07) is 7.92. The van der Waals surface area contributed by atoms with Crippen LogP contribution in [-0.2, 0) is 6.54 Å². The van der Waals surface area contributed by atoms with Crippen molar-refractivity contribution < 1.29 is 5.11 Å². The van der Waals surface area contributed by atoms with E-state index in [4.69, 9.17) is 0 Å². The lowest BCUT2D eigenvalue weighted by Gasteiger charge is -2.16. The van der Waals surface area contributed by atoms with E-state index in [1.54, 1.807) is 6.20 Å². The van der Waals surface area contributed by atoms with E-state index in [-0.39, 0.29) is 0 Å². The predicted octanol–water partition coefficient (Wildman–Crippen LogP) is 2.60. The van der Waals surface area contributed by atoms with Gasteiger partial charge < -0.3 is 10.0 Å². The van der Waals surface area contributed by atoms with Crippen molar-refractivity contribution in [3.8, 4) is 0 Å². The number of hydrogen-bond donors (Lipinski definition) is 1. The number of aromatic nitrogens is 2. The van der Waals surface area contributed by atoms with Crippen LogP contribution >= 0.6 is 15.9 Å². The van der Waals surface area contributed by atoms with Crippen LogP contribution in [0, 0.1) is 6.92 Å². The molecule has 2 rings (SSSR count). The molecule has 1 aromatic carbocycles. The normalized spacial score (nSPS) is 12.9. The average molecular weight is 338 g/mol. The first-order valence-electron chi connectivity index (χ1n) is 6.59. The summed E-state index contributed by atoms with van der Waals surface area (Å²) in [6.07, 6.45) is 1.07. The molecular weight excluding hydrogens is 318 g/mol. The number of likely N-dealkylation sites (N-methyl/N-ethyl adjacent to an activating group) is 1. The lowest BCUT2D eigenvalue weighted by molar-refractivity contribution is 0.204. The molecular formula is C15H20BrN3O. The molecule has 0 saturated carbocycles. The van der Waals surface area contributed by atoms with Gasteiger partial charge in [0.2, 0.25) is 0 Å². The summed E-state index contributed by atoms with van der Waals surface area (Å²) in [6.45, 7) is 3.65. The molecule has 5 heteroatoms. The molecule has 0 aliphatic heterocycles. The third-order valence-corrected chi connectivity index (χ3v) is 3.82. The van der Waals surface area contributed by atoms with E-state index in [0.717, 1.165) is 34.4 Å². The molecule has 0 aliphatic carbocycles. The van der Waals surface area contributed by atoms with Gasteiger partial charge >= 0.3 is 0 Å². The van der Waals surface area contributed by atoms with Crippen LogP contribution < -0.4 is 0 Å². The number of aliphatic hydroxyl groups excluding tert-OH is 1. The van der Waals surface area contributed by atoms with E-state index in [1.165, 1.54) is 0 Å². The zero-order valence-corrected chi connectivity index (χ0v) is 13.6. The number of halogens is 1. The number of aliphatic hydroxyl groups is 1. The maximum atomic E-state index is 10.6. The van der Waals surface area contributed by atoms with Crippen LogP contribution in [0.5, 0.6) is 0 Å². The van der Waals surface area contributed by atoms with Crippen molar-refractivity contribution >= 4 is 15.9 Å². The van der Waals surface area contributed by atoms with Gasteiger partial charge in [0.05, 0.1) is 22.9 Å². The quantitative estimate of drug-likeness (QED) is 0.911. The molecule has 1 N–H and O–H groups in total. The molecule has 1 unspecified atom stereocenters. The molecule has 0 saturated heterocycles. The molecule has 0 fully saturated rings. The Hall–Kier alpha value is -1.17. The summed E-state index contributed by atoms with van der Waals surface area (Å²) in [4.78, 5) is 2.10. The molecule has 0 bridgehead atoms. The van der Waals surface area contributed by atoms with Gasteiger partial charge in [0.1, 0.15) is 6.10 Å². The third-order valence-electron chi connectivity index (χ3n) is 3.21. The lowest BCUT2D eigenvalue weighted by atomic mass is 10.0. The van der Waals surface area contributed by atoms with E-state index < -0.39 is 6.10 Å². The third kappa shape index (κ3) is 3.48. The Morgan fingerprint density at radius 2 is 2.15 bits per heavy atom. The minimum atomic E-state index is -0.672. The highest BCUT2D eigenvalue weighted by Gasteiger charge is 2.19. The van der Waals surface area contributed by atoms with Gasteiger partial charge in [-0.3, -0.25) is 4.68 Å². The number of nitrogens with zero attached hydrogens (tertiary/aromatic N) is 3. The van der Waals surface area contributed by atoms with E-state index in [0.29, 0.717) is 0 Å². The second-order valence-corrected chi connectivity index (χ2v) is 6.08. The summed E-state index contributed by atoms with van der Waals surface area (Å²) in [7, 11) is 4.05. The molecule has 2 aromatic rings. The summed E-state index contributed by atoms with van der Waals surface area (Å²) in [5.41, 5.74) is 2.83. The zero-order valence-electron chi connectivity index (χ0n) is 12.0. The molecule has 1 heterocycles.